The molecule has 1 amide bonds. The van der Waals surface area contributed by atoms with Crippen LogP contribution in [0.2, 0.25) is 10.0 Å². The highest BCUT2D eigenvalue weighted by Crippen LogP contribution is 2.38. The molecule has 0 atom stereocenters. The van der Waals surface area contributed by atoms with E-state index in [1.165, 1.54) is 35.3 Å². The van der Waals surface area contributed by atoms with Crippen LogP contribution >= 0.6 is 35.6 Å². The fraction of sp³-hybridized carbons (Fsp3) is 0.324. The second kappa shape index (κ2) is 14.5. The maximum absolute atomic E-state index is 13.1. The molecule has 9 heteroatoms. The molecule has 5 aromatic rings. The summed E-state index contributed by atoms with van der Waals surface area (Å²) in [5.41, 5.74) is 10.6. The molecule has 3 aromatic carbocycles. The Kier molecular flexibility index (Phi) is 10.2. The Hall–Kier alpha value is -3.58. The lowest BCUT2D eigenvalue weighted by molar-refractivity contribution is 0.0953. The minimum atomic E-state index is -0.0464. The first-order valence-electron chi connectivity index (χ1n) is 16.1. The first-order chi connectivity index (χ1) is 22.0. The lowest BCUT2D eigenvalue weighted by Gasteiger charge is -2.23. The van der Waals surface area contributed by atoms with Gasteiger partial charge in [-0.2, -0.15) is 0 Å². The zero-order chi connectivity index (χ0) is 30.8. The Morgan fingerprint density at radius 1 is 0.761 bits per heavy atom. The van der Waals surface area contributed by atoms with Crippen molar-refractivity contribution in [3.8, 4) is 11.3 Å². The van der Waals surface area contributed by atoms with Crippen molar-refractivity contribution in [2.24, 2.45) is 0 Å². The summed E-state index contributed by atoms with van der Waals surface area (Å²) in [7, 11) is 0. The van der Waals surface area contributed by atoms with Crippen molar-refractivity contribution in [1.29, 1.82) is 0 Å². The van der Waals surface area contributed by atoms with E-state index in [2.05, 4.69) is 22.0 Å². The summed E-state index contributed by atoms with van der Waals surface area (Å²) in [4.78, 5) is 23.1. The van der Waals surface area contributed by atoms with Crippen LogP contribution in [0, 0.1) is 0 Å². The normalized spacial score (nSPS) is 13.8. The van der Waals surface area contributed by atoms with Gasteiger partial charge >= 0.3 is 0 Å². The second-order valence-corrected chi connectivity index (χ2v) is 13.0. The summed E-state index contributed by atoms with van der Waals surface area (Å²) in [5.74, 6) is -0.0464. The Balaban J connectivity index is 0.00000372. The highest BCUT2D eigenvalue weighted by atomic mass is 35.5. The number of carbonyl (C=O) groups is 1. The van der Waals surface area contributed by atoms with Gasteiger partial charge in [0.1, 0.15) is 0 Å². The van der Waals surface area contributed by atoms with Crippen molar-refractivity contribution in [3.63, 3.8) is 0 Å². The van der Waals surface area contributed by atoms with Crippen LogP contribution in [0.25, 0.3) is 33.1 Å². The number of carbonyl (C=O) groups excluding carboxylic acids is 1. The number of unbranched alkanes of at least 4 members (excludes halogenated alkanes) is 2. The summed E-state index contributed by atoms with van der Waals surface area (Å²) in [6.45, 7) is 2.44. The molecule has 3 N–H and O–H groups in total. The standard InChI is InChI=1S/C37H37Cl2N5O.ClH/c38-25-13-10-23(11-14-25)34-29-8-6-20-41-36(29)30-21-24(12-17-32(30)44-34)37(45)42-19-5-1-4-18-40-35-27-7-2-3-9-31(27)43-33-22-26(39)15-16-28(33)35;/h10-17,21-22,41H,1-9,18-20H2,(H,40,43)(H,42,45);1H. The molecule has 0 radical (unpaired) electrons. The Morgan fingerprint density at radius 3 is 2.41 bits per heavy atom. The third kappa shape index (κ3) is 6.76. The van der Waals surface area contributed by atoms with Crippen LogP contribution < -0.4 is 16.0 Å². The highest BCUT2D eigenvalue weighted by molar-refractivity contribution is 6.31. The van der Waals surface area contributed by atoms with E-state index in [1.54, 1.807) is 0 Å². The Bertz CT molecular complexity index is 1890. The number of pyridine rings is 2. The van der Waals surface area contributed by atoms with Gasteiger partial charge in [-0.25, -0.2) is 4.98 Å². The van der Waals surface area contributed by atoms with Crippen LogP contribution in [0.1, 0.15) is 65.7 Å². The number of anilines is 2. The number of hydrogen-bond donors (Lipinski definition) is 3. The van der Waals surface area contributed by atoms with Crippen LogP contribution in [0.3, 0.4) is 0 Å². The van der Waals surface area contributed by atoms with Crippen LogP contribution in [0.15, 0.2) is 60.7 Å². The number of rotatable bonds is 9. The third-order valence-corrected chi connectivity index (χ3v) is 9.52. The van der Waals surface area contributed by atoms with Gasteiger partial charge in [0.15, 0.2) is 0 Å². The van der Waals surface area contributed by atoms with Crippen molar-refractivity contribution >= 4 is 74.7 Å². The molecule has 0 fully saturated rings. The monoisotopic (exact) mass is 673 g/mol. The summed E-state index contributed by atoms with van der Waals surface area (Å²) in [5, 5.41) is 14.0. The molecule has 1 aliphatic carbocycles. The van der Waals surface area contributed by atoms with Crippen LogP contribution in [-0.2, 0) is 19.3 Å². The molecule has 238 valence electrons. The van der Waals surface area contributed by atoms with E-state index in [4.69, 9.17) is 33.2 Å². The SMILES string of the molecule is Cl.O=C(NCCCCCNc1c2c(nc3cc(Cl)ccc13)CCCC2)c1ccc2nc(-c3ccc(Cl)cc3)c3c(c2c1)NCCC3. The first kappa shape index (κ1) is 32.4. The number of amides is 1. The molecular formula is C37H38Cl3N5O. The molecule has 0 unspecified atom stereocenters. The lowest BCUT2D eigenvalue weighted by atomic mass is 9.92. The fourth-order valence-electron chi connectivity index (χ4n) is 6.76. The summed E-state index contributed by atoms with van der Waals surface area (Å²) < 4.78 is 0. The maximum Gasteiger partial charge on any atom is 0.251 e. The number of aromatic nitrogens is 2. The zero-order valence-corrected chi connectivity index (χ0v) is 28.1. The molecule has 7 rings (SSSR count). The van der Waals surface area contributed by atoms with Crippen molar-refractivity contribution in [1.82, 2.24) is 15.3 Å². The van der Waals surface area contributed by atoms with E-state index in [-0.39, 0.29) is 18.3 Å². The van der Waals surface area contributed by atoms with Crippen molar-refractivity contribution < 1.29 is 4.79 Å². The predicted molar refractivity (Wildman–Crippen MR) is 194 cm³/mol. The second-order valence-electron chi connectivity index (χ2n) is 12.1. The average molecular weight is 675 g/mol. The molecular weight excluding hydrogens is 637 g/mol. The number of aryl methyl sites for hydroxylation is 1. The molecule has 0 saturated heterocycles. The fourth-order valence-corrected chi connectivity index (χ4v) is 7.05. The van der Waals surface area contributed by atoms with E-state index in [1.807, 2.05) is 54.6 Å². The highest BCUT2D eigenvalue weighted by Gasteiger charge is 2.21. The largest absolute Gasteiger partial charge is 0.384 e. The Labute approximate surface area is 286 Å². The molecule has 3 heterocycles. The zero-order valence-electron chi connectivity index (χ0n) is 25.7. The number of hydrogen-bond acceptors (Lipinski definition) is 5. The summed E-state index contributed by atoms with van der Waals surface area (Å²) >= 11 is 12.4. The number of fused-ring (bicyclic) bond motifs is 5. The number of halogens is 3. The number of nitrogens with one attached hydrogen (secondary N) is 3. The molecule has 2 aliphatic rings. The van der Waals surface area contributed by atoms with Crippen molar-refractivity contribution in [2.45, 2.75) is 57.8 Å². The number of benzene rings is 3. The Morgan fingerprint density at radius 2 is 1.54 bits per heavy atom. The van der Waals surface area contributed by atoms with Gasteiger partial charge in [0.25, 0.3) is 5.91 Å². The van der Waals surface area contributed by atoms with Crippen LogP contribution in [0.5, 0.6) is 0 Å². The van der Waals surface area contributed by atoms with Crippen LogP contribution in [0.4, 0.5) is 11.4 Å². The molecule has 0 spiro atoms. The van der Waals surface area contributed by atoms with Crippen molar-refractivity contribution in [2.75, 3.05) is 30.3 Å². The van der Waals surface area contributed by atoms with Gasteiger partial charge in [0.2, 0.25) is 0 Å². The minimum Gasteiger partial charge on any atom is -0.384 e. The summed E-state index contributed by atoms with van der Waals surface area (Å²) in [6.07, 6.45) is 9.47. The molecule has 6 nitrogen and oxygen atoms in total. The third-order valence-electron chi connectivity index (χ3n) is 9.04. The van der Waals surface area contributed by atoms with E-state index in [9.17, 15) is 4.79 Å². The van der Waals surface area contributed by atoms with Gasteiger partial charge in [-0.05, 0) is 112 Å². The van der Waals surface area contributed by atoms with E-state index in [0.29, 0.717) is 17.1 Å². The summed E-state index contributed by atoms with van der Waals surface area (Å²) in [6, 6.07) is 19.7. The van der Waals surface area contributed by atoms with Gasteiger partial charge in [-0.1, -0.05) is 35.3 Å². The number of nitrogens with zero attached hydrogens (tertiary/aromatic N) is 2. The van der Waals surface area contributed by atoms with Crippen molar-refractivity contribution in [3.05, 3.63) is 93.1 Å². The molecule has 2 aromatic heterocycles. The minimum absolute atomic E-state index is 0. The quantitative estimate of drug-likeness (QED) is 0.136. The van der Waals surface area contributed by atoms with E-state index in [0.717, 1.165) is 102 Å². The van der Waals surface area contributed by atoms with Gasteiger partial charge in [-0.3, -0.25) is 9.78 Å². The van der Waals surface area contributed by atoms with Gasteiger partial charge < -0.3 is 16.0 Å². The van der Waals surface area contributed by atoms with Gasteiger partial charge in [0, 0.05) is 74.2 Å². The maximum atomic E-state index is 13.1. The first-order valence-corrected chi connectivity index (χ1v) is 16.9. The van der Waals surface area contributed by atoms with Crippen LogP contribution in [-0.4, -0.2) is 35.5 Å². The lowest BCUT2D eigenvalue weighted by Crippen LogP contribution is -2.24. The molecule has 0 bridgehead atoms. The van der Waals surface area contributed by atoms with E-state index >= 15 is 0 Å². The topological polar surface area (TPSA) is 78.9 Å². The van der Waals surface area contributed by atoms with Gasteiger partial charge in [-0.15, -0.1) is 12.4 Å². The average Bonchev–Trinajstić information content (AvgIpc) is 3.07. The molecule has 1 aliphatic heterocycles. The predicted octanol–water partition coefficient (Wildman–Crippen LogP) is 9.43. The van der Waals surface area contributed by atoms with E-state index < -0.39 is 0 Å². The van der Waals surface area contributed by atoms with Gasteiger partial charge in [0.05, 0.1) is 16.7 Å². The smallest absolute Gasteiger partial charge is 0.251 e. The molecule has 0 saturated carbocycles. The molecule has 46 heavy (non-hydrogen) atoms.